The monoisotopic (exact) mass is 441 g/mol. The number of imidazole rings is 1. The summed E-state index contributed by atoms with van der Waals surface area (Å²) in [7, 11) is 0. The van der Waals surface area contributed by atoms with E-state index in [0.29, 0.717) is 40.1 Å². The summed E-state index contributed by atoms with van der Waals surface area (Å²) in [6.45, 7) is 4.37. The molecule has 0 aliphatic rings. The summed E-state index contributed by atoms with van der Waals surface area (Å²) in [6.07, 6.45) is 0.643. The summed E-state index contributed by atoms with van der Waals surface area (Å²) in [5.74, 6) is 6.14. The van der Waals surface area contributed by atoms with Gasteiger partial charge >= 0.3 is 5.97 Å². The third-order valence-corrected chi connectivity index (χ3v) is 4.92. The number of ether oxygens (including phenoxy) is 1. The van der Waals surface area contributed by atoms with Crippen LogP contribution in [0.5, 0.6) is 0 Å². The third kappa shape index (κ3) is 4.68. The Morgan fingerprint density at radius 3 is 2.57 bits per heavy atom. The Morgan fingerprint density at radius 1 is 1.20 bits per heavy atom. The highest BCUT2D eigenvalue weighted by Gasteiger charge is 2.23. The first-order valence-corrected chi connectivity index (χ1v) is 10.2. The molecule has 5 nitrogen and oxygen atoms in total. The molecule has 0 bridgehead atoms. The molecule has 2 N–H and O–H groups in total. The first kappa shape index (κ1) is 21.9. The number of hydrogen-bond donors (Lipinski definition) is 1. The topological polar surface area (TPSA) is 70.1 Å². The zero-order valence-corrected chi connectivity index (χ0v) is 18.2. The first-order chi connectivity index (χ1) is 14.5. The van der Waals surface area contributed by atoms with Crippen molar-refractivity contribution in [1.29, 1.82) is 0 Å². The molecule has 7 heteroatoms. The summed E-state index contributed by atoms with van der Waals surface area (Å²) in [5.41, 5.74) is 8.73. The highest BCUT2D eigenvalue weighted by Crippen LogP contribution is 2.33. The predicted molar refractivity (Wildman–Crippen MR) is 120 cm³/mol. The van der Waals surface area contributed by atoms with E-state index >= 15 is 0 Å². The molecule has 3 rings (SSSR count). The second-order valence-corrected chi connectivity index (χ2v) is 7.28. The first-order valence-electron chi connectivity index (χ1n) is 9.47. The lowest BCUT2D eigenvalue weighted by Crippen LogP contribution is -2.07. The molecule has 0 aliphatic carbocycles. The summed E-state index contributed by atoms with van der Waals surface area (Å²) in [5, 5.41) is 0.957. The zero-order valence-electron chi connectivity index (χ0n) is 16.7. The average molecular weight is 442 g/mol. The van der Waals surface area contributed by atoms with Crippen molar-refractivity contribution in [3.05, 3.63) is 69.5 Å². The summed E-state index contributed by atoms with van der Waals surface area (Å²) in [4.78, 5) is 17.0. The van der Waals surface area contributed by atoms with Gasteiger partial charge in [-0.05, 0) is 56.3 Å². The van der Waals surface area contributed by atoms with Gasteiger partial charge in [-0.15, -0.1) is 0 Å². The lowest BCUT2D eigenvalue weighted by Gasteiger charge is -2.12. The largest absolute Gasteiger partial charge is 0.461 e. The number of halogens is 2. The van der Waals surface area contributed by atoms with Crippen molar-refractivity contribution in [2.24, 2.45) is 5.73 Å². The van der Waals surface area contributed by atoms with Crippen LogP contribution in [0.15, 0.2) is 42.5 Å². The van der Waals surface area contributed by atoms with Gasteiger partial charge in [0, 0.05) is 34.8 Å². The highest BCUT2D eigenvalue weighted by atomic mass is 35.5. The van der Waals surface area contributed by atoms with Gasteiger partial charge in [-0.25, -0.2) is 9.78 Å². The van der Waals surface area contributed by atoms with Gasteiger partial charge in [-0.3, -0.25) is 4.57 Å². The maximum atomic E-state index is 12.5. The summed E-state index contributed by atoms with van der Waals surface area (Å²) in [6, 6.07) is 12.8. The quantitative estimate of drug-likeness (QED) is 0.445. The Labute approximate surface area is 185 Å². The lowest BCUT2D eigenvalue weighted by molar-refractivity contribution is 0.0519. The van der Waals surface area contributed by atoms with E-state index in [2.05, 4.69) is 16.8 Å². The number of benzene rings is 2. The minimum absolute atomic E-state index is 0.240. The van der Waals surface area contributed by atoms with Gasteiger partial charge < -0.3 is 10.5 Å². The number of carbonyl (C=O) groups excluding carboxylic acids is 1. The Kier molecular flexibility index (Phi) is 7.17. The van der Waals surface area contributed by atoms with Crippen LogP contribution in [-0.2, 0) is 4.74 Å². The van der Waals surface area contributed by atoms with Crippen LogP contribution in [0.4, 0.5) is 0 Å². The standard InChI is InChI=1S/C23H21Cl2N3O2/c1-3-30-23(29)21-15(2)28(18-10-7-16(8-11-18)6-4-5-13-26)22(27-21)19-12-9-17(24)14-20(19)25/h7-12,14H,3,5,13,26H2,1-2H3. The van der Waals surface area contributed by atoms with E-state index in [1.165, 1.54) is 0 Å². The molecule has 0 fully saturated rings. The average Bonchev–Trinajstić information content (AvgIpc) is 3.06. The van der Waals surface area contributed by atoms with Crippen LogP contribution in [0, 0.1) is 18.8 Å². The number of hydrogen-bond acceptors (Lipinski definition) is 4. The molecular formula is C23H21Cl2N3O2. The van der Waals surface area contributed by atoms with Crippen LogP contribution in [0.1, 0.15) is 35.1 Å². The summed E-state index contributed by atoms with van der Waals surface area (Å²) < 4.78 is 7.05. The SMILES string of the molecule is CCOC(=O)c1nc(-c2ccc(Cl)cc2Cl)n(-c2ccc(C#CCCN)cc2)c1C. The van der Waals surface area contributed by atoms with Crippen molar-refractivity contribution in [2.75, 3.05) is 13.2 Å². The van der Waals surface area contributed by atoms with Crippen molar-refractivity contribution < 1.29 is 9.53 Å². The maximum absolute atomic E-state index is 12.5. The highest BCUT2D eigenvalue weighted by molar-refractivity contribution is 6.36. The number of aromatic nitrogens is 2. The van der Waals surface area contributed by atoms with E-state index in [0.717, 1.165) is 11.3 Å². The molecule has 3 aromatic rings. The maximum Gasteiger partial charge on any atom is 0.358 e. The van der Waals surface area contributed by atoms with Gasteiger partial charge in [0.2, 0.25) is 0 Å². The minimum atomic E-state index is -0.482. The van der Waals surface area contributed by atoms with Gasteiger partial charge in [0.1, 0.15) is 5.82 Å². The molecule has 0 radical (unpaired) electrons. The molecule has 0 aliphatic heterocycles. The molecule has 1 heterocycles. The van der Waals surface area contributed by atoms with E-state index in [1.807, 2.05) is 35.8 Å². The van der Waals surface area contributed by atoms with Crippen LogP contribution in [-0.4, -0.2) is 28.7 Å². The molecule has 0 amide bonds. The molecule has 0 saturated carbocycles. The van der Waals surface area contributed by atoms with E-state index in [9.17, 15) is 4.79 Å². The zero-order chi connectivity index (χ0) is 21.7. The van der Waals surface area contributed by atoms with Crippen molar-refractivity contribution in [3.8, 4) is 28.9 Å². The van der Waals surface area contributed by atoms with Gasteiger partial charge in [-0.2, -0.15) is 0 Å². The van der Waals surface area contributed by atoms with Crippen molar-refractivity contribution in [2.45, 2.75) is 20.3 Å². The molecule has 0 unspecified atom stereocenters. The molecule has 154 valence electrons. The van der Waals surface area contributed by atoms with Crippen molar-refractivity contribution in [1.82, 2.24) is 9.55 Å². The molecule has 2 aromatic carbocycles. The molecule has 0 spiro atoms. The van der Waals surface area contributed by atoms with Crippen LogP contribution >= 0.6 is 23.2 Å². The van der Waals surface area contributed by atoms with Crippen LogP contribution in [0.2, 0.25) is 10.0 Å². The number of esters is 1. The normalized spacial score (nSPS) is 10.4. The van der Waals surface area contributed by atoms with Gasteiger partial charge in [-0.1, -0.05) is 35.0 Å². The van der Waals surface area contributed by atoms with E-state index in [1.54, 1.807) is 25.1 Å². The fraction of sp³-hybridized carbons (Fsp3) is 0.217. The van der Waals surface area contributed by atoms with Gasteiger partial charge in [0.05, 0.1) is 17.3 Å². The Balaban J connectivity index is 2.14. The Bertz CT molecular complexity index is 1130. The lowest BCUT2D eigenvalue weighted by atomic mass is 10.1. The molecule has 0 atom stereocenters. The Hall–Kier alpha value is -2.78. The third-order valence-electron chi connectivity index (χ3n) is 4.38. The van der Waals surface area contributed by atoms with Crippen molar-refractivity contribution >= 4 is 29.2 Å². The van der Waals surface area contributed by atoms with E-state index in [-0.39, 0.29) is 12.3 Å². The number of rotatable bonds is 5. The fourth-order valence-corrected chi connectivity index (χ4v) is 3.49. The van der Waals surface area contributed by atoms with Crippen LogP contribution < -0.4 is 5.73 Å². The second kappa shape index (κ2) is 9.82. The summed E-state index contributed by atoms with van der Waals surface area (Å²) >= 11 is 12.5. The van der Waals surface area contributed by atoms with Crippen molar-refractivity contribution in [3.63, 3.8) is 0 Å². The van der Waals surface area contributed by atoms with E-state index in [4.69, 9.17) is 33.7 Å². The molecule has 1 aromatic heterocycles. The number of nitrogens with zero attached hydrogens (tertiary/aromatic N) is 2. The van der Waals surface area contributed by atoms with Gasteiger partial charge in [0.25, 0.3) is 0 Å². The number of nitrogens with two attached hydrogens (primary N) is 1. The Morgan fingerprint density at radius 2 is 1.93 bits per heavy atom. The molecule has 30 heavy (non-hydrogen) atoms. The van der Waals surface area contributed by atoms with Crippen LogP contribution in [0.3, 0.4) is 0 Å². The van der Waals surface area contributed by atoms with Crippen LogP contribution in [0.25, 0.3) is 17.1 Å². The number of carbonyl (C=O) groups is 1. The fourth-order valence-electron chi connectivity index (χ4n) is 2.99. The smallest absolute Gasteiger partial charge is 0.358 e. The molecular weight excluding hydrogens is 421 g/mol. The minimum Gasteiger partial charge on any atom is -0.461 e. The molecule has 0 saturated heterocycles. The second-order valence-electron chi connectivity index (χ2n) is 6.44. The van der Waals surface area contributed by atoms with Gasteiger partial charge in [0.15, 0.2) is 5.69 Å². The predicted octanol–water partition coefficient (Wildman–Crippen LogP) is 5.03. The van der Waals surface area contributed by atoms with E-state index < -0.39 is 5.97 Å².